The molecule has 0 amide bonds. The van der Waals surface area contributed by atoms with Gasteiger partial charge in [0.05, 0.1) is 13.1 Å². The Kier molecular flexibility index (Phi) is 22.8. The lowest BCUT2D eigenvalue weighted by atomic mass is 9.92. The van der Waals surface area contributed by atoms with E-state index in [4.69, 9.17) is 11.5 Å². The molecule has 188 valence electrons. The summed E-state index contributed by atoms with van der Waals surface area (Å²) in [7, 11) is 0. The molecule has 2 aliphatic rings. The van der Waals surface area contributed by atoms with Gasteiger partial charge in [0.1, 0.15) is 0 Å². The third-order valence-corrected chi connectivity index (χ3v) is 4.73. The van der Waals surface area contributed by atoms with Crippen molar-refractivity contribution in [2.45, 2.75) is 87.9 Å². The Bertz CT molecular complexity index is 353. The van der Waals surface area contributed by atoms with Crippen molar-refractivity contribution in [3.8, 4) is 0 Å². The summed E-state index contributed by atoms with van der Waals surface area (Å²) in [6, 6.07) is 0.371. The van der Waals surface area contributed by atoms with Crippen LogP contribution in [0.4, 0.5) is 26.3 Å². The summed E-state index contributed by atoms with van der Waals surface area (Å²) in [5, 5.41) is 5.00. The summed E-state index contributed by atoms with van der Waals surface area (Å²) in [6.07, 6.45) is -1.84. The Morgan fingerprint density at radius 3 is 0.967 bits per heavy atom. The molecule has 0 aliphatic heterocycles. The predicted molar refractivity (Wildman–Crippen MR) is 118 cm³/mol. The number of nitrogens with one attached hydrogen (secondary N) is 2. The van der Waals surface area contributed by atoms with E-state index in [2.05, 4.69) is 10.6 Å². The van der Waals surface area contributed by atoms with Gasteiger partial charge in [0, 0.05) is 24.2 Å². The fourth-order valence-electron chi connectivity index (χ4n) is 3.17. The van der Waals surface area contributed by atoms with Crippen molar-refractivity contribution in [3.63, 3.8) is 0 Å². The van der Waals surface area contributed by atoms with Crippen molar-refractivity contribution in [2.24, 2.45) is 11.5 Å². The first-order valence-corrected chi connectivity index (χ1v) is 9.06. The van der Waals surface area contributed by atoms with Gasteiger partial charge in [0.15, 0.2) is 0 Å². The average Bonchev–Trinajstić information content (AvgIpc) is 2.53. The molecule has 0 heterocycles. The third kappa shape index (κ3) is 20.5. The van der Waals surface area contributed by atoms with Gasteiger partial charge in [-0.2, -0.15) is 26.3 Å². The summed E-state index contributed by atoms with van der Waals surface area (Å²) in [4.78, 5) is 0. The minimum absolute atomic E-state index is 0. The maximum Gasteiger partial charge on any atom is 0.401 e. The number of hydrogen-bond acceptors (Lipinski definition) is 4. The molecule has 0 spiro atoms. The lowest BCUT2D eigenvalue weighted by molar-refractivity contribution is -0.127. The molecular formula is C16H34Cl4F6N4. The first-order valence-electron chi connectivity index (χ1n) is 9.06. The molecule has 2 rings (SSSR count). The maximum absolute atomic E-state index is 11.8. The van der Waals surface area contributed by atoms with E-state index in [0.29, 0.717) is 0 Å². The highest BCUT2D eigenvalue weighted by Gasteiger charge is 2.30. The molecule has 2 saturated carbocycles. The SMILES string of the molecule is Cl.Cl.Cl.Cl.NC1CCC(NCC(F)(F)F)CC1.NC1CCC(NCC(F)(F)F)CC1. The molecule has 0 saturated heterocycles. The van der Waals surface area contributed by atoms with Crippen LogP contribution >= 0.6 is 49.6 Å². The van der Waals surface area contributed by atoms with Crippen LogP contribution in [0.25, 0.3) is 0 Å². The first kappa shape index (κ1) is 37.9. The van der Waals surface area contributed by atoms with E-state index in [0.717, 1.165) is 51.4 Å². The molecule has 0 aromatic rings. The summed E-state index contributed by atoms with van der Waals surface area (Å²) in [5.41, 5.74) is 11.3. The Morgan fingerprint density at radius 1 is 0.533 bits per heavy atom. The molecule has 0 bridgehead atoms. The highest BCUT2D eigenvalue weighted by atomic mass is 35.5. The number of hydrogen-bond donors (Lipinski definition) is 4. The van der Waals surface area contributed by atoms with E-state index >= 15 is 0 Å². The zero-order chi connectivity index (χ0) is 19.8. The average molecular weight is 538 g/mol. The Balaban J connectivity index is -0.000000199. The van der Waals surface area contributed by atoms with Gasteiger partial charge >= 0.3 is 12.4 Å². The molecule has 30 heavy (non-hydrogen) atoms. The van der Waals surface area contributed by atoms with Gasteiger partial charge in [-0.1, -0.05) is 0 Å². The molecule has 0 unspecified atom stereocenters. The van der Waals surface area contributed by atoms with Gasteiger partial charge < -0.3 is 22.1 Å². The standard InChI is InChI=1S/2C8H15F3N2.4ClH/c2*9-8(10,11)5-13-7-3-1-6(12)2-4-7;;;;/h2*6-7,13H,1-5,12H2;4*1H. The van der Waals surface area contributed by atoms with Crippen molar-refractivity contribution in [1.29, 1.82) is 0 Å². The van der Waals surface area contributed by atoms with Crippen molar-refractivity contribution >= 4 is 49.6 Å². The zero-order valence-electron chi connectivity index (χ0n) is 16.4. The van der Waals surface area contributed by atoms with Crippen LogP contribution in [0.1, 0.15) is 51.4 Å². The number of halogens is 10. The van der Waals surface area contributed by atoms with Crippen LogP contribution in [0.3, 0.4) is 0 Å². The third-order valence-electron chi connectivity index (χ3n) is 4.73. The van der Waals surface area contributed by atoms with E-state index in [1.807, 2.05) is 0 Å². The van der Waals surface area contributed by atoms with Crippen LogP contribution in [0, 0.1) is 0 Å². The van der Waals surface area contributed by atoms with Gasteiger partial charge in [-0.25, -0.2) is 0 Å². The fraction of sp³-hybridized carbons (Fsp3) is 1.00. The van der Waals surface area contributed by atoms with Crippen LogP contribution in [-0.4, -0.2) is 49.6 Å². The normalized spacial score (nSPS) is 26.4. The van der Waals surface area contributed by atoms with Crippen molar-refractivity contribution in [1.82, 2.24) is 10.6 Å². The summed E-state index contributed by atoms with van der Waals surface area (Å²) in [6.45, 7) is -1.76. The quantitative estimate of drug-likeness (QED) is 0.398. The molecule has 0 atom stereocenters. The van der Waals surface area contributed by atoms with Gasteiger partial charge in [-0.05, 0) is 51.4 Å². The lowest BCUT2D eigenvalue weighted by Crippen LogP contribution is -2.41. The molecule has 2 fully saturated rings. The number of alkyl halides is 6. The van der Waals surface area contributed by atoms with Crippen LogP contribution in [0.2, 0.25) is 0 Å². The molecule has 4 nitrogen and oxygen atoms in total. The lowest BCUT2D eigenvalue weighted by Gasteiger charge is -2.27. The fourth-order valence-corrected chi connectivity index (χ4v) is 3.17. The second-order valence-corrected chi connectivity index (χ2v) is 7.22. The molecular weight excluding hydrogens is 504 g/mol. The molecule has 0 aromatic heterocycles. The van der Waals surface area contributed by atoms with Crippen molar-refractivity contribution < 1.29 is 26.3 Å². The second-order valence-electron chi connectivity index (χ2n) is 7.22. The number of nitrogens with two attached hydrogens (primary N) is 2. The highest BCUT2D eigenvalue weighted by Crippen LogP contribution is 2.20. The molecule has 14 heteroatoms. The van der Waals surface area contributed by atoms with Crippen molar-refractivity contribution in [2.75, 3.05) is 13.1 Å². The largest absolute Gasteiger partial charge is 0.401 e. The zero-order valence-corrected chi connectivity index (χ0v) is 19.7. The van der Waals surface area contributed by atoms with Crippen LogP contribution in [0.15, 0.2) is 0 Å². The van der Waals surface area contributed by atoms with Gasteiger partial charge in [0.2, 0.25) is 0 Å². The number of rotatable bonds is 4. The minimum atomic E-state index is -4.10. The van der Waals surface area contributed by atoms with Gasteiger partial charge in [-0.3, -0.25) is 0 Å². The maximum atomic E-state index is 11.8. The minimum Gasteiger partial charge on any atom is -0.328 e. The van der Waals surface area contributed by atoms with Gasteiger partial charge in [-0.15, -0.1) is 49.6 Å². The molecule has 0 radical (unpaired) electrons. The van der Waals surface area contributed by atoms with E-state index < -0.39 is 25.4 Å². The summed E-state index contributed by atoms with van der Waals surface area (Å²) < 4.78 is 70.8. The topological polar surface area (TPSA) is 76.1 Å². The monoisotopic (exact) mass is 536 g/mol. The van der Waals surface area contributed by atoms with E-state index in [-0.39, 0.29) is 73.8 Å². The predicted octanol–water partition coefficient (Wildman–Crippen LogP) is 4.50. The van der Waals surface area contributed by atoms with Gasteiger partial charge in [0.25, 0.3) is 0 Å². The van der Waals surface area contributed by atoms with Crippen LogP contribution < -0.4 is 22.1 Å². The van der Waals surface area contributed by atoms with E-state index in [9.17, 15) is 26.3 Å². The van der Waals surface area contributed by atoms with E-state index in [1.165, 1.54) is 0 Å². The second kappa shape index (κ2) is 18.1. The van der Waals surface area contributed by atoms with Crippen LogP contribution in [0.5, 0.6) is 0 Å². The molecule has 6 N–H and O–H groups in total. The molecule has 0 aromatic carbocycles. The Labute approximate surface area is 199 Å². The van der Waals surface area contributed by atoms with E-state index in [1.54, 1.807) is 0 Å². The Morgan fingerprint density at radius 2 is 0.767 bits per heavy atom. The smallest absolute Gasteiger partial charge is 0.328 e. The van der Waals surface area contributed by atoms with Crippen LogP contribution in [-0.2, 0) is 0 Å². The molecule has 2 aliphatic carbocycles. The Hall–Kier alpha value is 0.580. The van der Waals surface area contributed by atoms with Crippen molar-refractivity contribution in [3.05, 3.63) is 0 Å². The summed E-state index contributed by atoms with van der Waals surface area (Å²) in [5.74, 6) is 0. The first-order chi connectivity index (χ1) is 11.9. The highest BCUT2D eigenvalue weighted by molar-refractivity contribution is 5.86. The summed E-state index contributed by atoms with van der Waals surface area (Å²) >= 11 is 0.